The van der Waals surface area contributed by atoms with Crippen molar-refractivity contribution in [2.45, 2.75) is 41.5 Å². The Hall–Kier alpha value is -0.490. The molecule has 0 heterocycles. The van der Waals surface area contributed by atoms with Crippen LogP contribution in [0.2, 0.25) is 0 Å². The van der Waals surface area contributed by atoms with Gasteiger partial charge in [0.15, 0.2) is 0 Å². The van der Waals surface area contributed by atoms with E-state index in [-0.39, 0.29) is 14.9 Å². The van der Waals surface area contributed by atoms with E-state index in [0.717, 1.165) is 12.8 Å². The molecule has 0 saturated carbocycles. The summed E-state index contributed by atoms with van der Waals surface area (Å²) in [6, 6.07) is 8.83. The Labute approximate surface area is 95.3 Å². The molecule has 14 heavy (non-hydrogen) atoms. The Morgan fingerprint density at radius 3 is 1.14 bits per heavy atom. The molecule has 0 aromatic heterocycles. The summed E-state index contributed by atoms with van der Waals surface area (Å²) in [5.41, 5.74) is 2.86. The minimum absolute atomic E-state index is 0. The largest absolute Gasteiger partial charge is 0.130 e. The minimum atomic E-state index is 0. The first kappa shape index (κ1) is 19.1. The van der Waals surface area contributed by atoms with Gasteiger partial charge in [-0.15, -0.1) is 11.6 Å². The highest BCUT2D eigenvalue weighted by Crippen LogP contribution is 2.04. The highest BCUT2D eigenvalue weighted by Gasteiger charge is 1.88. The van der Waals surface area contributed by atoms with Crippen LogP contribution in [0.15, 0.2) is 24.3 Å². The number of hydrogen-bond acceptors (Lipinski definition) is 0. The van der Waals surface area contributed by atoms with Crippen molar-refractivity contribution in [2.24, 2.45) is 0 Å². The Bertz CT molecular complexity index is 166. The van der Waals surface area contributed by atoms with Crippen molar-refractivity contribution >= 4 is 11.6 Å². The average Bonchev–Trinajstić information content (AvgIpc) is 2.21. The maximum absolute atomic E-state index is 4.64. The van der Waals surface area contributed by atoms with Crippen LogP contribution < -0.4 is 0 Å². The zero-order chi connectivity index (χ0) is 9.40. The molecule has 1 aromatic carbocycles. The molecule has 0 amide bonds. The summed E-state index contributed by atoms with van der Waals surface area (Å²) in [5, 5.41) is 0. The van der Waals surface area contributed by atoms with Crippen molar-refractivity contribution in [1.29, 1.82) is 0 Å². The molecule has 84 valence electrons. The molecule has 0 unspecified atom stereocenters. The molecule has 0 atom stereocenters. The van der Waals surface area contributed by atoms with Crippen molar-refractivity contribution in [3.63, 3.8) is 0 Å². The third-order valence-electron chi connectivity index (χ3n) is 1.84. The molecule has 0 spiro atoms. The lowest BCUT2D eigenvalue weighted by Crippen LogP contribution is -1.81. The predicted octanol–water partition coefficient (Wildman–Crippen LogP) is 4.94. The molecular formula is C13H25Cl. The lowest BCUT2D eigenvalue weighted by Gasteiger charge is -1.97. The topological polar surface area (TPSA) is 0 Å². The number of benzene rings is 1. The molecule has 0 aliphatic carbocycles. The van der Waals surface area contributed by atoms with Crippen LogP contribution in [0.3, 0.4) is 0 Å². The SMILES string of the molecule is C.C.CCc1ccc(CC)cc1.CCl. The summed E-state index contributed by atoms with van der Waals surface area (Å²) in [4.78, 5) is 0. The summed E-state index contributed by atoms with van der Waals surface area (Å²) >= 11 is 4.64. The van der Waals surface area contributed by atoms with Crippen LogP contribution in [-0.2, 0) is 12.8 Å². The third kappa shape index (κ3) is 6.97. The van der Waals surface area contributed by atoms with E-state index in [0.29, 0.717) is 0 Å². The molecule has 0 aliphatic heterocycles. The van der Waals surface area contributed by atoms with Gasteiger partial charge in [0, 0.05) is 6.38 Å². The maximum Gasteiger partial charge on any atom is 0.0108 e. The highest BCUT2D eigenvalue weighted by molar-refractivity contribution is 6.15. The van der Waals surface area contributed by atoms with E-state index in [1.54, 1.807) is 0 Å². The summed E-state index contributed by atoms with van der Waals surface area (Å²) in [5.74, 6) is 0. The molecule has 1 aromatic rings. The van der Waals surface area contributed by atoms with Crippen LogP contribution in [0, 0.1) is 0 Å². The van der Waals surface area contributed by atoms with Gasteiger partial charge in [-0.25, -0.2) is 0 Å². The normalized spacial score (nSPS) is 7.43. The molecule has 1 heteroatoms. The second kappa shape index (κ2) is 12.5. The van der Waals surface area contributed by atoms with Crippen LogP contribution in [0.5, 0.6) is 0 Å². The van der Waals surface area contributed by atoms with E-state index in [9.17, 15) is 0 Å². The molecule has 0 N–H and O–H groups in total. The monoisotopic (exact) mass is 216 g/mol. The Morgan fingerprint density at radius 1 is 0.786 bits per heavy atom. The van der Waals surface area contributed by atoms with E-state index in [2.05, 4.69) is 49.7 Å². The zero-order valence-corrected chi connectivity index (χ0v) is 8.86. The van der Waals surface area contributed by atoms with Crippen LogP contribution in [0.4, 0.5) is 0 Å². The molecule has 0 aliphatic rings. The van der Waals surface area contributed by atoms with Crippen LogP contribution in [-0.4, -0.2) is 6.38 Å². The van der Waals surface area contributed by atoms with Gasteiger partial charge in [-0.3, -0.25) is 0 Å². The van der Waals surface area contributed by atoms with Crippen molar-refractivity contribution in [3.05, 3.63) is 35.4 Å². The van der Waals surface area contributed by atoms with Crippen molar-refractivity contribution in [1.82, 2.24) is 0 Å². The summed E-state index contributed by atoms with van der Waals surface area (Å²) in [6.45, 7) is 4.36. The third-order valence-corrected chi connectivity index (χ3v) is 1.84. The Morgan fingerprint density at radius 2 is 1.00 bits per heavy atom. The number of aryl methyl sites for hydroxylation is 2. The van der Waals surface area contributed by atoms with E-state index in [4.69, 9.17) is 0 Å². The lowest BCUT2D eigenvalue weighted by atomic mass is 10.1. The molecule has 0 nitrogen and oxygen atoms in total. The van der Waals surface area contributed by atoms with Gasteiger partial charge < -0.3 is 0 Å². The van der Waals surface area contributed by atoms with E-state index in [1.165, 1.54) is 17.5 Å². The Kier molecular flexibility index (Phi) is 17.1. The average molecular weight is 217 g/mol. The first-order chi connectivity index (χ1) is 5.86. The van der Waals surface area contributed by atoms with Crippen LogP contribution in [0.1, 0.15) is 39.8 Å². The van der Waals surface area contributed by atoms with E-state index in [1.807, 2.05) is 0 Å². The number of halogens is 1. The van der Waals surface area contributed by atoms with Crippen LogP contribution in [0.25, 0.3) is 0 Å². The summed E-state index contributed by atoms with van der Waals surface area (Å²) in [6.07, 6.45) is 3.76. The first-order valence-electron chi connectivity index (χ1n) is 4.32. The molecule has 0 saturated heterocycles. The van der Waals surface area contributed by atoms with Crippen molar-refractivity contribution < 1.29 is 0 Å². The minimum Gasteiger partial charge on any atom is -0.130 e. The molecule has 0 radical (unpaired) electrons. The van der Waals surface area contributed by atoms with Gasteiger partial charge in [0.25, 0.3) is 0 Å². The maximum atomic E-state index is 4.64. The number of hydrogen-bond donors (Lipinski definition) is 0. The fourth-order valence-corrected chi connectivity index (χ4v) is 1.01. The van der Waals surface area contributed by atoms with Gasteiger partial charge in [0.05, 0.1) is 0 Å². The van der Waals surface area contributed by atoms with Gasteiger partial charge in [0.1, 0.15) is 0 Å². The Balaban J connectivity index is -0.000000284. The van der Waals surface area contributed by atoms with Crippen molar-refractivity contribution in [3.8, 4) is 0 Å². The van der Waals surface area contributed by atoms with Gasteiger partial charge in [-0.2, -0.15) is 0 Å². The fraction of sp³-hybridized carbons (Fsp3) is 0.538. The fourth-order valence-electron chi connectivity index (χ4n) is 1.01. The first-order valence-corrected chi connectivity index (χ1v) is 5.08. The number of rotatable bonds is 2. The van der Waals surface area contributed by atoms with Gasteiger partial charge in [-0.05, 0) is 24.0 Å². The molecule has 1 rings (SSSR count). The number of alkyl halides is 1. The smallest absolute Gasteiger partial charge is 0.0108 e. The van der Waals surface area contributed by atoms with E-state index < -0.39 is 0 Å². The summed E-state index contributed by atoms with van der Waals surface area (Å²) < 4.78 is 0. The highest BCUT2D eigenvalue weighted by atomic mass is 35.5. The quantitative estimate of drug-likeness (QED) is 0.615. The van der Waals surface area contributed by atoms with Gasteiger partial charge >= 0.3 is 0 Å². The molecule has 0 fully saturated rings. The second-order valence-corrected chi connectivity index (χ2v) is 2.52. The molecular weight excluding hydrogens is 192 g/mol. The summed E-state index contributed by atoms with van der Waals surface area (Å²) in [7, 11) is 0. The zero-order valence-electron chi connectivity index (χ0n) is 8.10. The molecule has 0 bridgehead atoms. The predicted molar refractivity (Wildman–Crippen MR) is 70.4 cm³/mol. The van der Waals surface area contributed by atoms with E-state index >= 15 is 0 Å². The lowest BCUT2D eigenvalue weighted by molar-refractivity contribution is 1.10. The second-order valence-electron chi connectivity index (χ2n) is 2.52. The van der Waals surface area contributed by atoms with Gasteiger partial charge in [-0.1, -0.05) is 53.0 Å². The standard InChI is InChI=1S/C10H14.CH3Cl.2CH4/c1-3-9-5-7-10(4-2)8-6-9;1-2;;/h5-8H,3-4H2,1-2H3;1H3;2*1H4. The van der Waals surface area contributed by atoms with Crippen LogP contribution >= 0.6 is 11.6 Å². The van der Waals surface area contributed by atoms with Crippen molar-refractivity contribution in [2.75, 3.05) is 6.38 Å². The van der Waals surface area contributed by atoms with Gasteiger partial charge in [0.2, 0.25) is 0 Å².